The Kier molecular flexibility index (Phi) is 7.27. The molecule has 2 aliphatic rings. The lowest BCUT2D eigenvalue weighted by molar-refractivity contribution is -0.145. The number of carbonyl (C=O) groups excluding carboxylic acids is 1. The zero-order valence-electron chi connectivity index (χ0n) is 18.0. The third kappa shape index (κ3) is 5.26. The van der Waals surface area contributed by atoms with Gasteiger partial charge in [0.2, 0.25) is 0 Å². The fraction of sp³-hybridized carbons (Fsp3) is 0.522. The first-order valence-electron chi connectivity index (χ1n) is 9.76. The number of carbonyl (C=O) groups is 1. The number of hydrogen-bond donors (Lipinski definition) is 2. The lowest BCUT2D eigenvalue weighted by Gasteiger charge is -2.28. The molecule has 0 aliphatic carbocycles. The standard InChI is InChI=1S/C23H32O6/c1-15(14-22(4)21(25)23(5,26)17(3)29-22)11-9-7-8-10-12-18-16(2)19(27-6)13-20(24)28-18/h7-14,16-18,21,25-26H,1-6H3/b8-7+,11-9+,12-10+,15-14+/t16?,17-,18?,21+,22+,23+/m0/s1. The smallest absolute Gasteiger partial charge is 0.334 e. The Hall–Kier alpha value is -2.15. The van der Waals surface area contributed by atoms with Crippen LogP contribution in [-0.2, 0) is 19.0 Å². The van der Waals surface area contributed by atoms with Crippen LogP contribution in [0.15, 0.2) is 59.9 Å². The summed E-state index contributed by atoms with van der Waals surface area (Å²) < 4.78 is 16.3. The number of cyclic esters (lactones) is 1. The second-order valence-corrected chi connectivity index (χ2v) is 8.03. The van der Waals surface area contributed by atoms with Crippen molar-refractivity contribution in [1.82, 2.24) is 0 Å². The monoisotopic (exact) mass is 404 g/mol. The molecule has 0 aromatic heterocycles. The van der Waals surface area contributed by atoms with Crippen molar-refractivity contribution in [1.29, 1.82) is 0 Å². The van der Waals surface area contributed by atoms with E-state index in [0.29, 0.717) is 5.76 Å². The number of rotatable bonds is 6. The molecule has 1 saturated heterocycles. The maximum atomic E-state index is 11.6. The van der Waals surface area contributed by atoms with E-state index in [1.165, 1.54) is 6.08 Å². The number of hydrogen-bond acceptors (Lipinski definition) is 6. The van der Waals surface area contributed by atoms with Crippen molar-refractivity contribution in [2.45, 2.75) is 64.1 Å². The number of esters is 1. The Bertz CT molecular complexity index is 757. The second-order valence-electron chi connectivity index (χ2n) is 8.03. The first kappa shape index (κ1) is 23.1. The van der Waals surface area contributed by atoms with Gasteiger partial charge in [-0.1, -0.05) is 42.9 Å². The summed E-state index contributed by atoms with van der Waals surface area (Å²) in [7, 11) is 1.54. The van der Waals surface area contributed by atoms with E-state index in [-0.39, 0.29) is 12.0 Å². The van der Waals surface area contributed by atoms with E-state index < -0.39 is 29.4 Å². The minimum Gasteiger partial charge on any atom is -0.500 e. The number of methoxy groups -OCH3 is 1. The molecule has 6 heteroatoms. The molecule has 2 rings (SSSR count). The summed E-state index contributed by atoms with van der Waals surface area (Å²) in [6.45, 7) is 8.94. The number of allylic oxidation sites excluding steroid dienone is 6. The minimum atomic E-state index is -1.29. The van der Waals surface area contributed by atoms with Crippen molar-refractivity contribution in [2.24, 2.45) is 5.92 Å². The molecule has 1 fully saturated rings. The molecule has 0 spiro atoms. The van der Waals surface area contributed by atoms with Crippen molar-refractivity contribution in [3.8, 4) is 0 Å². The van der Waals surface area contributed by atoms with Crippen molar-refractivity contribution in [3.05, 3.63) is 59.9 Å². The van der Waals surface area contributed by atoms with Crippen LogP contribution in [0.5, 0.6) is 0 Å². The van der Waals surface area contributed by atoms with Crippen molar-refractivity contribution < 1.29 is 29.2 Å². The van der Waals surface area contributed by atoms with Gasteiger partial charge in [0.25, 0.3) is 0 Å². The Labute approximate surface area is 172 Å². The summed E-state index contributed by atoms with van der Waals surface area (Å²) in [6, 6.07) is 0. The highest BCUT2D eigenvalue weighted by Gasteiger charge is 2.55. The molecule has 2 heterocycles. The van der Waals surface area contributed by atoms with Gasteiger partial charge in [-0.25, -0.2) is 4.79 Å². The third-order valence-electron chi connectivity index (χ3n) is 5.55. The SMILES string of the molecule is COC1=CC(=O)OC(/C=C/C=C/C=C/C(C)=C/[C@@]2(C)O[C@@H](C)[C@@](C)(O)[C@@H]2O)C1C. The molecule has 0 aromatic rings. The summed E-state index contributed by atoms with van der Waals surface area (Å²) in [5, 5.41) is 20.8. The van der Waals surface area contributed by atoms with Gasteiger partial charge in [0, 0.05) is 0 Å². The van der Waals surface area contributed by atoms with Crippen LogP contribution in [-0.4, -0.2) is 52.8 Å². The van der Waals surface area contributed by atoms with E-state index in [1.54, 1.807) is 27.9 Å². The molecule has 0 radical (unpaired) electrons. The van der Waals surface area contributed by atoms with E-state index in [9.17, 15) is 15.0 Å². The average molecular weight is 405 g/mol. The molecule has 160 valence electrons. The van der Waals surface area contributed by atoms with Gasteiger partial charge < -0.3 is 24.4 Å². The Morgan fingerprint density at radius 1 is 1.21 bits per heavy atom. The van der Waals surface area contributed by atoms with Gasteiger partial charge in [-0.3, -0.25) is 0 Å². The van der Waals surface area contributed by atoms with Gasteiger partial charge in [0.15, 0.2) is 0 Å². The van der Waals surface area contributed by atoms with Gasteiger partial charge in [-0.15, -0.1) is 0 Å². The number of ether oxygens (including phenoxy) is 3. The van der Waals surface area contributed by atoms with E-state index in [0.717, 1.165) is 5.57 Å². The highest BCUT2D eigenvalue weighted by molar-refractivity contribution is 5.83. The topological polar surface area (TPSA) is 85.2 Å². The zero-order chi connectivity index (χ0) is 21.8. The number of aliphatic hydroxyl groups excluding tert-OH is 1. The molecule has 2 unspecified atom stereocenters. The van der Waals surface area contributed by atoms with Crippen LogP contribution in [0.2, 0.25) is 0 Å². The van der Waals surface area contributed by atoms with Crippen molar-refractivity contribution in [3.63, 3.8) is 0 Å². The van der Waals surface area contributed by atoms with Crippen LogP contribution in [0.4, 0.5) is 0 Å². The van der Waals surface area contributed by atoms with Gasteiger partial charge in [0.1, 0.15) is 29.2 Å². The highest BCUT2D eigenvalue weighted by atomic mass is 16.6. The van der Waals surface area contributed by atoms with Crippen LogP contribution in [0.25, 0.3) is 0 Å². The Morgan fingerprint density at radius 2 is 1.86 bits per heavy atom. The minimum absolute atomic E-state index is 0.0405. The van der Waals surface area contributed by atoms with E-state index in [2.05, 4.69) is 0 Å². The third-order valence-corrected chi connectivity index (χ3v) is 5.55. The molecule has 0 amide bonds. The predicted octanol–water partition coefficient (Wildman–Crippen LogP) is 2.98. The summed E-state index contributed by atoms with van der Waals surface area (Å²) in [5.74, 6) is 0.164. The Morgan fingerprint density at radius 3 is 2.45 bits per heavy atom. The molecule has 2 aliphatic heterocycles. The molecule has 0 aromatic carbocycles. The molecule has 6 atom stereocenters. The Balaban J connectivity index is 1.95. The molecule has 29 heavy (non-hydrogen) atoms. The average Bonchev–Trinajstić information content (AvgIpc) is 2.79. The first-order chi connectivity index (χ1) is 13.5. The van der Waals surface area contributed by atoms with Gasteiger partial charge in [-0.05, 0) is 39.8 Å². The fourth-order valence-corrected chi connectivity index (χ4v) is 3.62. The molecule has 0 bridgehead atoms. The fourth-order valence-electron chi connectivity index (χ4n) is 3.62. The number of aliphatic hydroxyl groups is 2. The van der Waals surface area contributed by atoms with Gasteiger partial charge in [0.05, 0.1) is 25.2 Å². The molecule has 6 nitrogen and oxygen atoms in total. The molecule has 2 N–H and O–H groups in total. The molecular weight excluding hydrogens is 372 g/mol. The van der Waals surface area contributed by atoms with Crippen LogP contribution < -0.4 is 0 Å². The van der Waals surface area contributed by atoms with Crippen LogP contribution in [0.1, 0.15) is 34.6 Å². The van der Waals surface area contributed by atoms with Crippen LogP contribution in [0, 0.1) is 5.92 Å². The summed E-state index contributed by atoms with van der Waals surface area (Å²) in [4.78, 5) is 11.6. The highest BCUT2D eigenvalue weighted by Crippen LogP contribution is 2.39. The second kappa shape index (κ2) is 9.11. The summed E-state index contributed by atoms with van der Waals surface area (Å²) >= 11 is 0. The van der Waals surface area contributed by atoms with Crippen LogP contribution >= 0.6 is 0 Å². The maximum Gasteiger partial charge on any atom is 0.334 e. The lowest BCUT2D eigenvalue weighted by Crippen LogP contribution is -2.47. The lowest BCUT2D eigenvalue weighted by atomic mass is 9.86. The van der Waals surface area contributed by atoms with Crippen molar-refractivity contribution >= 4 is 5.97 Å². The largest absolute Gasteiger partial charge is 0.500 e. The summed E-state index contributed by atoms with van der Waals surface area (Å²) in [5.41, 5.74) is -1.35. The van der Waals surface area contributed by atoms with E-state index >= 15 is 0 Å². The van der Waals surface area contributed by atoms with Gasteiger partial charge >= 0.3 is 5.97 Å². The van der Waals surface area contributed by atoms with Crippen LogP contribution in [0.3, 0.4) is 0 Å². The zero-order valence-corrected chi connectivity index (χ0v) is 18.0. The van der Waals surface area contributed by atoms with Crippen molar-refractivity contribution in [2.75, 3.05) is 7.11 Å². The van der Waals surface area contributed by atoms with E-state index in [1.807, 2.05) is 56.4 Å². The molecule has 0 saturated carbocycles. The normalized spacial score (nSPS) is 38.8. The van der Waals surface area contributed by atoms with E-state index in [4.69, 9.17) is 14.2 Å². The maximum absolute atomic E-state index is 11.6. The predicted molar refractivity (Wildman–Crippen MR) is 111 cm³/mol. The molecular formula is C23H32O6. The first-order valence-corrected chi connectivity index (χ1v) is 9.76. The van der Waals surface area contributed by atoms with Gasteiger partial charge in [-0.2, -0.15) is 0 Å². The summed E-state index contributed by atoms with van der Waals surface area (Å²) in [6.07, 6.45) is 12.4. The quantitative estimate of drug-likeness (QED) is 0.523.